The molecule has 0 aromatic rings. The molecule has 70 valence electrons. The predicted molar refractivity (Wildman–Crippen MR) is 44.6 cm³/mol. The van der Waals surface area contributed by atoms with Gasteiger partial charge in [0.05, 0.1) is 6.61 Å². The lowest BCUT2D eigenvalue weighted by atomic mass is 9.90. The molecule has 0 radical (unpaired) electrons. The summed E-state index contributed by atoms with van der Waals surface area (Å²) in [6.45, 7) is 0.00606. The third kappa shape index (κ3) is 3.22. The van der Waals surface area contributed by atoms with Crippen LogP contribution in [0.2, 0.25) is 0 Å². The predicted octanol–water partition coefficient (Wildman–Crippen LogP) is 1.10. The van der Waals surface area contributed by atoms with Crippen molar-refractivity contribution in [2.24, 2.45) is 5.92 Å². The maximum atomic E-state index is 10.6. The second kappa shape index (κ2) is 5.14. The number of esters is 1. The van der Waals surface area contributed by atoms with Gasteiger partial charge in [-0.15, -0.1) is 0 Å². The van der Waals surface area contributed by atoms with Crippen LogP contribution >= 0.6 is 0 Å². The molecule has 0 bridgehead atoms. The van der Waals surface area contributed by atoms with Crippen LogP contribution in [0.3, 0.4) is 0 Å². The molecular weight excluding hydrogens is 156 g/mol. The van der Waals surface area contributed by atoms with Gasteiger partial charge in [-0.3, -0.25) is 0 Å². The molecule has 1 saturated carbocycles. The number of ether oxygens (including phenoxy) is 1. The van der Waals surface area contributed by atoms with Crippen molar-refractivity contribution in [2.75, 3.05) is 13.2 Å². The number of carbonyl (C=O) groups excluding carboxylic acids is 1. The van der Waals surface area contributed by atoms with Crippen molar-refractivity contribution in [3.63, 3.8) is 0 Å². The molecule has 3 nitrogen and oxygen atoms in total. The standard InChI is InChI=1S/C9H16O3/c10-6-9(11)12-7-8-4-2-1-3-5-8/h8,10H,1-7H2. The van der Waals surface area contributed by atoms with Gasteiger partial charge in [0.25, 0.3) is 0 Å². The summed E-state index contributed by atoms with van der Waals surface area (Å²) in [6.07, 6.45) is 6.14. The lowest BCUT2D eigenvalue weighted by Crippen LogP contribution is -2.18. The van der Waals surface area contributed by atoms with E-state index in [2.05, 4.69) is 0 Å². The van der Waals surface area contributed by atoms with Gasteiger partial charge >= 0.3 is 5.97 Å². The van der Waals surface area contributed by atoms with Crippen molar-refractivity contribution >= 4 is 5.97 Å². The van der Waals surface area contributed by atoms with E-state index in [0.717, 1.165) is 0 Å². The largest absolute Gasteiger partial charge is 0.464 e. The van der Waals surface area contributed by atoms with E-state index in [0.29, 0.717) is 12.5 Å². The summed E-state index contributed by atoms with van der Waals surface area (Å²) in [5.74, 6) is 0.0369. The first-order valence-corrected chi connectivity index (χ1v) is 4.59. The molecule has 0 amide bonds. The maximum absolute atomic E-state index is 10.6. The molecule has 1 rings (SSSR count). The van der Waals surface area contributed by atoms with Gasteiger partial charge in [0.1, 0.15) is 6.61 Å². The monoisotopic (exact) mass is 172 g/mol. The molecule has 3 heteroatoms. The normalized spacial score (nSPS) is 19.1. The second-order valence-electron chi connectivity index (χ2n) is 3.35. The van der Waals surface area contributed by atoms with E-state index in [1.807, 2.05) is 0 Å². The molecular formula is C9H16O3. The second-order valence-corrected chi connectivity index (χ2v) is 3.35. The first-order chi connectivity index (χ1) is 5.83. The highest BCUT2D eigenvalue weighted by atomic mass is 16.5. The van der Waals surface area contributed by atoms with Crippen LogP contribution in [0.15, 0.2) is 0 Å². The summed E-state index contributed by atoms with van der Waals surface area (Å²) in [4.78, 5) is 10.6. The Morgan fingerprint density at radius 2 is 2.00 bits per heavy atom. The lowest BCUT2D eigenvalue weighted by Gasteiger charge is -2.20. The highest BCUT2D eigenvalue weighted by Gasteiger charge is 2.14. The van der Waals surface area contributed by atoms with E-state index in [-0.39, 0.29) is 0 Å². The SMILES string of the molecule is O=C(CO)OCC1CCCCC1. The molecule has 0 unspecified atom stereocenters. The van der Waals surface area contributed by atoms with Gasteiger partial charge in [-0.2, -0.15) is 0 Å². The average molecular weight is 172 g/mol. The van der Waals surface area contributed by atoms with Gasteiger partial charge in [0.2, 0.25) is 0 Å². The number of rotatable bonds is 3. The summed E-state index contributed by atoms with van der Waals surface area (Å²) in [6, 6.07) is 0. The Morgan fingerprint density at radius 3 is 2.58 bits per heavy atom. The van der Waals surface area contributed by atoms with Gasteiger partial charge in [0, 0.05) is 0 Å². The fourth-order valence-electron chi connectivity index (χ4n) is 1.61. The van der Waals surface area contributed by atoms with Crippen LogP contribution in [0.4, 0.5) is 0 Å². The molecule has 0 aromatic carbocycles. The van der Waals surface area contributed by atoms with E-state index >= 15 is 0 Å². The average Bonchev–Trinajstić information content (AvgIpc) is 2.16. The molecule has 1 aliphatic carbocycles. The quantitative estimate of drug-likeness (QED) is 0.648. The summed E-state index contributed by atoms with van der Waals surface area (Å²) in [5, 5.41) is 8.39. The highest BCUT2D eigenvalue weighted by molar-refractivity contribution is 5.70. The van der Waals surface area contributed by atoms with Crippen LogP contribution in [0.5, 0.6) is 0 Å². The number of hydrogen-bond donors (Lipinski definition) is 1. The molecule has 0 heterocycles. The third-order valence-electron chi connectivity index (χ3n) is 2.33. The van der Waals surface area contributed by atoms with Gasteiger partial charge in [-0.1, -0.05) is 19.3 Å². The highest BCUT2D eigenvalue weighted by Crippen LogP contribution is 2.23. The van der Waals surface area contributed by atoms with Crippen LogP contribution in [0.25, 0.3) is 0 Å². The topological polar surface area (TPSA) is 46.5 Å². The Kier molecular flexibility index (Phi) is 4.08. The van der Waals surface area contributed by atoms with E-state index in [1.165, 1.54) is 32.1 Å². The maximum Gasteiger partial charge on any atom is 0.331 e. The number of aliphatic hydroxyl groups excluding tert-OH is 1. The summed E-state index contributed by atoms with van der Waals surface area (Å²) in [5.41, 5.74) is 0. The Bertz CT molecular complexity index is 139. The molecule has 1 N–H and O–H groups in total. The van der Waals surface area contributed by atoms with Crippen LogP contribution in [0, 0.1) is 5.92 Å². The Balaban J connectivity index is 2.09. The van der Waals surface area contributed by atoms with Crippen molar-refractivity contribution in [1.29, 1.82) is 0 Å². The molecule has 0 aromatic heterocycles. The van der Waals surface area contributed by atoms with E-state index in [9.17, 15) is 4.79 Å². The summed E-state index contributed by atoms with van der Waals surface area (Å²) in [7, 11) is 0. The molecule has 0 spiro atoms. The molecule has 12 heavy (non-hydrogen) atoms. The first-order valence-electron chi connectivity index (χ1n) is 4.59. The minimum absolute atomic E-state index is 0.493. The summed E-state index contributed by atoms with van der Waals surface area (Å²) < 4.78 is 4.84. The fraction of sp³-hybridized carbons (Fsp3) is 0.889. The van der Waals surface area contributed by atoms with Crippen LogP contribution in [-0.4, -0.2) is 24.3 Å². The van der Waals surface area contributed by atoms with Gasteiger partial charge < -0.3 is 9.84 Å². The lowest BCUT2D eigenvalue weighted by molar-refractivity contribution is -0.148. The Morgan fingerprint density at radius 1 is 1.33 bits per heavy atom. The zero-order valence-electron chi connectivity index (χ0n) is 7.29. The third-order valence-corrected chi connectivity index (χ3v) is 2.33. The van der Waals surface area contributed by atoms with E-state index < -0.39 is 12.6 Å². The van der Waals surface area contributed by atoms with Crippen LogP contribution in [0.1, 0.15) is 32.1 Å². The minimum atomic E-state index is -0.499. The molecule has 0 aliphatic heterocycles. The number of carbonyl (C=O) groups is 1. The molecule has 0 saturated heterocycles. The van der Waals surface area contributed by atoms with Crippen LogP contribution in [-0.2, 0) is 9.53 Å². The van der Waals surface area contributed by atoms with Crippen molar-refractivity contribution in [3.05, 3.63) is 0 Å². The van der Waals surface area contributed by atoms with Crippen molar-refractivity contribution in [2.45, 2.75) is 32.1 Å². The van der Waals surface area contributed by atoms with Crippen LogP contribution < -0.4 is 0 Å². The molecule has 1 fully saturated rings. The number of hydrogen-bond acceptors (Lipinski definition) is 3. The first kappa shape index (κ1) is 9.52. The van der Waals surface area contributed by atoms with Gasteiger partial charge in [0.15, 0.2) is 0 Å². The van der Waals surface area contributed by atoms with Crippen molar-refractivity contribution in [1.82, 2.24) is 0 Å². The zero-order chi connectivity index (χ0) is 8.81. The fourth-order valence-corrected chi connectivity index (χ4v) is 1.61. The Labute approximate surface area is 72.7 Å². The van der Waals surface area contributed by atoms with Crippen molar-refractivity contribution < 1.29 is 14.6 Å². The van der Waals surface area contributed by atoms with Gasteiger partial charge in [-0.05, 0) is 18.8 Å². The summed E-state index contributed by atoms with van der Waals surface area (Å²) >= 11 is 0. The van der Waals surface area contributed by atoms with Gasteiger partial charge in [-0.25, -0.2) is 4.79 Å². The minimum Gasteiger partial charge on any atom is -0.464 e. The van der Waals surface area contributed by atoms with Crippen molar-refractivity contribution in [3.8, 4) is 0 Å². The molecule has 1 aliphatic rings. The Hall–Kier alpha value is -0.570. The zero-order valence-corrected chi connectivity index (χ0v) is 7.29. The molecule has 0 atom stereocenters. The smallest absolute Gasteiger partial charge is 0.331 e. The number of aliphatic hydroxyl groups is 1. The van der Waals surface area contributed by atoms with E-state index in [4.69, 9.17) is 9.84 Å². The van der Waals surface area contributed by atoms with E-state index in [1.54, 1.807) is 0 Å².